The third kappa shape index (κ3) is 3.88. The second kappa shape index (κ2) is 6.43. The third-order valence-electron chi connectivity index (χ3n) is 2.93. The van der Waals surface area contributed by atoms with E-state index in [1.165, 1.54) is 29.7 Å². The third-order valence-corrected chi connectivity index (χ3v) is 3.71. The quantitative estimate of drug-likeness (QED) is 0.728. The van der Waals surface area contributed by atoms with E-state index in [1.54, 1.807) is 5.38 Å². The lowest BCUT2D eigenvalue weighted by atomic mass is 10.2. The standard InChI is InChI=1S/C14H9F3N4O3S/c15-14(16,17)23-8-3-1-7(2-4-8)20-12(22)9-10(21-24-11(9)18)13-19-5-6-25-13/h1-6H,18H2,(H,20,22). The minimum atomic E-state index is -4.79. The van der Waals surface area contributed by atoms with Gasteiger partial charge in [0.1, 0.15) is 16.3 Å². The Balaban J connectivity index is 1.78. The molecule has 0 aliphatic rings. The van der Waals surface area contributed by atoms with Crippen LogP contribution in [0.15, 0.2) is 40.4 Å². The first-order valence-corrected chi connectivity index (χ1v) is 7.53. The molecule has 0 atom stereocenters. The molecule has 0 fully saturated rings. The second-order valence-electron chi connectivity index (χ2n) is 4.63. The van der Waals surface area contributed by atoms with Gasteiger partial charge in [-0.15, -0.1) is 24.5 Å². The zero-order chi connectivity index (χ0) is 18.0. The molecule has 3 N–H and O–H groups in total. The molecule has 130 valence electrons. The van der Waals surface area contributed by atoms with Crippen LogP contribution in [0.2, 0.25) is 0 Å². The van der Waals surface area contributed by atoms with Gasteiger partial charge in [0.25, 0.3) is 5.91 Å². The van der Waals surface area contributed by atoms with Gasteiger partial charge in [0.15, 0.2) is 5.69 Å². The van der Waals surface area contributed by atoms with Gasteiger partial charge in [-0.1, -0.05) is 5.16 Å². The molecule has 3 aromatic rings. The first kappa shape index (κ1) is 16.8. The normalized spacial score (nSPS) is 11.3. The monoisotopic (exact) mass is 370 g/mol. The highest BCUT2D eigenvalue weighted by Gasteiger charge is 2.31. The van der Waals surface area contributed by atoms with Crippen LogP contribution < -0.4 is 15.8 Å². The number of benzene rings is 1. The van der Waals surface area contributed by atoms with Crippen molar-refractivity contribution in [2.45, 2.75) is 6.36 Å². The van der Waals surface area contributed by atoms with E-state index in [1.807, 2.05) is 0 Å². The second-order valence-corrected chi connectivity index (χ2v) is 5.53. The van der Waals surface area contributed by atoms with Gasteiger partial charge < -0.3 is 20.3 Å². The van der Waals surface area contributed by atoms with Crippen LogP contribution in [0.4, 0.5) is 24.7 Å². The number of nitrogens with two attached hydrogens (primary N) is 1. The van der Waals surface area contributed by atoms with Crippen molar-refractivity contribution in [3.05, 3.63) is 41.4 Å². The van der Waals surface area contributed by atoms with E-state index >= 15 is 0 Å². The van der Waals surface area contributed by atoms with E-state index in [0.29, 0.717) is 5.01 Å². The van der Waals surface area contributed by atoms with Gasteiger partial charge in [0.05, 0.1) is 0 Å². The molecule has 0 aliphatic carbocycles. The van der Waals surface area contributed by atoms with Crippen LogP contribution in [-0.4, -0.2) is 22.4 Å². The molecule has 0 saturated carbocycles. The molecule has 11 heteroatoms. The van der Waals surface area contributed by atoms with E-state index in [0.717, 1.165) is 12.1 Å². The van der Waals surface area contributed by atoms with E-state index in [9.17, 15) is 18.0 Å². The van der Waals surface area contributed by atoms with Crippen LogP contribution in [0.3, 0.4) is 0 Å². The van der Waals surface area contributed by atoms with Crippen LogP contribution in [-0.2, 0) is 0 Å². The predicted octanol–water partition coefficient (Wildman–Crippen LogP) is 3.53. The van der Waals surface area contributed by atoms with Crippen LogP contribution in [0.1, 0.15) is 10.4 Å². The fourth-order valence-corrected chi connectivity index (χ4v) is 2.57. The number of nitrogen functional groups attached to an aromatic ring is 1. The van der Waals surface area contributed by atoms with Crippen molar-refractivity contribution in [3.63, 3.8) is 0 Å². The van der Waals surface area contributed by atoms with Crippen molar-refractivity contribution in [3.8, 4) is 16.5 Å². The van der Waals surface area contributed by atoms with Crippen LogP contribution in [0.25, 0.3) is 10.7 Å². The van der Waals surface area contributed by atoms with Gasteiger partial charge in [-0.3, -0.25) is 4.79 Å². The van der Waals surface area contributed by atoms with E-state index in [-0.39, 0.29) is 22.8 Å². The molecule has 1 amide bonds. The maximum atomic E-state index is 12.4. The highest BCUT2D eigenvalue weighted by atomic mass is 32.1. The Labute approximate surface area is 142 Å². The number of nitrogens with zero attached hydrogens (tertiary/aromatic N) is 2. The van der Waals surface area contributed by atoms with Gasteiger partial charge in [-0.05, 0) is 24.3 Å². The Morgan fingerprint density at radius 2 is 2.00 bits per heavy atom. The highest BCUT2D eigenvalue weighted by molar-refractivity contribution is 7.13. The zero-order valence-corrected chi connectivity index (χ0v) is 13.0. The molecule has 0 aliphatic heterocycles. The highest BCUT2D eigenvalue weighted by Crippen LogP contribution is 2.29. The Kier molecular flexibility index (Phi) is 4.31. The summed E-state index contributed by atoms with van der Waals surface area (Å²) in [5.74, 6) is -1.23. The average Bonchev–Trinajstić information content (AvgIpc) is 3.16. The number of rotatable bonds is 4. The summed E-state index contributed by atoms with van der Waals surface area (Å²) >= 11 is 1.24. The van der Waals surface area contributed by atoms with Gasteiger partial charge in [-0.25, -0.2) is 4.98 Å². The van der Waals surface area contributed by atoms with Gasteiger partial charge in [0, 0.05) is 17.3 Å². The summed E-state index contributed by atoms with van der Waals surface area (Å²) in [5.41, 5.74) is 6.05. The van der Waals surface area contributed by atoms with Crippen molar-refractivity contribution in [2.24, 2.45) is 0 Å². The van der Waals surface area contributed by atoms with Crippen LogP contribution in [0, 0.1) is 0 Å². The summed E-state index contributed by atoms with van der Waals surface area (Å²) in [6.45, 7) is 0. The molecule has 25 heavy (non-hydrogen) atoms. The number of nitrogens with one attached hydrogen (secondary N) is 1. The lowest BCUT2D eigenvalue weighted by Gasteiger charge is -2.09. The summed E-state index contributed by atoms with van der Waals surface area (Å²) < 4.78 is 45.0. The Morgan fingerprint density at radius 3 is 2.60 bits per heavy atom. The Bertz CT molecular complexity index is 876. The number of ether oxygens (including phenoxy) is 1. The molecule has 7 nitrogen and oxygen atoms in total. The molecular weight excluding hydrogens is 361 g/mol. The molecule has 0 saturated heterocycles. The summed E-state index contributed by atoms with van der Waals surface area (Å²) in [4.78, 5) is 16.4. The minimum absolute atomic E-state index is 0.00873. The Morgan fingerprint density at radius 1 is 1.28 bits per heavy atom. The number of alkyl halides is 3. The number of hydrogen-bond donors (Lipinski definition) is 2. The fourth-order valence-electron chi connectivity index (χ4n) is 1.94. The summed E-state index contributed by atoms with van der Waals surface area (Å²) in [6, 6.07) is 4.65. The molecular formula is C14H9F3N4O3S. The molecule has 0 spiro atoms. The van der Waals surface area contributed by atoms with Crippen molar-refractivity contribution in [1.29, 1.82) is 0 Å². The van der Waals surface area contributed by atoms with Crippen molar-refractivity contribution < 1.29 is 27.2 Å². The first-order chi connectivity index (χ1) is 11.8. The van der Waals surface area contributed by atoms with E-state index in [2.05, 4.69) is 20.2 Å². The molecule has 2 heterocycles. The molecule has 0 radical (unpaired) electrons. The number of halogens is 3. The number of amides is 1. The molecule has 1 aromatic carbocycles. The number of aromatic nitrogens is 2. The fraction of sp³-hybridized carbons (Fsp3) is 0.0714. The average molecular weight is 370 g/mol. The maximum absolute atomic E-state index is 12.4. The SMILES string of the molecule is Nc1onc(-c2nccs2)c1C(=O)Nc1ccc(OC(F)(F)F)cc1. The smallest absolute Gasteiger partial charge is 0.406 e. The van der Waals surface area contributed by atoms with Gasteiger partial charge in [0.2, 0.25) is 5.88 Å². The lowest BCUT2D eigenvalue weighted by Crippen LogP contribution is -2.17. The number of hydrogen-bond acceptors (Lipinski definition) is 7. The lowest BCUT2D eigenvalue weighted by molar-refractivity contribution is -0.274. The maximum Gasteiger partial charge on any atom is 0.573 e. The van der Waals surface area contributed by atoms with Crippen molar-refractivity contribution >= 4 is 28.8 Å². The van der Waals surface area contributed by atoms with Gasteiger partial charge in [-0.2, -0.15) is 0 Å². The number of carbonyl (C=O) groups excluding carboxylic acids is 1. The number of carbonyl (C=O) groups is 1. The molecule has 0 unspecified atom stereocenters. The zero-order valence-electron chi connectivity index (χ0n) is 12.2. The van der Waals surface area contributed by atoms with Crippen LogP contribution in [0.5, 0.6) is 5.75 Å². The minimum Gasteiger partial charge on any atom is -0.406 e. The van der Waals surface area contributed by atoms with E-state index < -0.39 is 18.0 Å². The van der Waals surface area contributed by atoms with Crippen LogP contribution >= 0.6 is 11.3 Å². The largest absolute Gasteiger partial charge is 0.573 e. The molecule has 3 rings (SSSR count). The summed E-state index contributed by atoms with van der Waals surface area (Å²) in [6.07, 6.45) is -3.25. The van der Waals surface area contributed by atoms with Crippen molar-refractivity contribution in [1.82, 2.24) is 10.1 Å². The first-order valence-electron chi connectivity index (χ1n) is 6.65. The molecule has 0 bridgehead atoms. The topological polar surface area (TPSA) is 103 Å². The predicted molar refractivity (Wildman–Crippen MR) is 83.1 cm³/mol. The molecule has 2 aromatic heterocycles. The summed E-state index contributed by atoms with van der Waals surface area (Å²) in [5, 5.41) is 8.36. The van der Waals surface area contributed by atoms with E-state index in [4.69, 9.17) is 10.3 Å². The number of anilines is 2. The number of thiazole rings is 1. The van der Waals surface area contributed by atoms with Crippen molar-refractivity contribution in [2.75, 3.05) is 11.1 Å². The Hall–Kier alpha value is -3.08. The summed E-state index contributed by atoms with van der Waals surface area (Å²) in [7, 11) is 0. The van der Waals surface area contributed by atoms with Gasteiger partial charge >= 0.3 is 6.36 Å².